The molecule has 1 aromatic carbocycles. The first-order valence-corrected chi connectivity index (χ1v) is 9.58. The minimum Gasteiger partial charge on any atom is -0.340 e. The van der Waals surface area contributed by atoms with E-state index in [4.69, 9.17) is 0 Å². The summed E-state index contributed by atoms with van der Waals surface area (Å²) in [5.74, 6) is 1.47. The fourth-order valence-electron chi connectivity index (χ4n) is 4.04. The Bertz CT molecular complexity index is 1050. The number of H-pyrrole nitrogens is 1. The number of halogens is 1. The number of piperidine rings is 1. The minimum atomic E-state index is -0.463. The number of nitrogens with zero attached hydrogens (tertiary/aromatic N) is 4. The zero-order valence-electron chi connectivity index (χ0n) is 16.3. The molecule has 0 bridgehead atoms. The molecule has 2 aromatic heterocycles. The predicted molar refractivity (Wildman–Crippen MR) is 107 cm³/mol. The molecule has 0 saturated carbocycles. The molecule has 146 valence electrons. The van der Waals surface area contributed by atoms with Crippen molar-refractivity contribution in [3.63, 3.8) is 0 Å². The highest BCUT2D eigenvalue weighted by atomic mass is 19.1. The average molecular weight is 381 g/mol. The number of anilines is 1. The Kier molecular flexibility index (Phi) is 4.75. The fourth-order valence-corrected chi connectivity index (χ4v) is 4.04. The van der Waals surface area contributed by atoms with Gasteiger partial charge in [-0.05, 0) is 37.3 Å². The van der Waals surface area contributed by atoms with Gasteiger partial charge >= 0.3 is 0 Å². The van der Waals surface area contributed by atoms with E-state index in [1.165, 1.54) is 23.2 Å². The van der Waals surface area contributed by atoms with E-state index in [0.717, 1.165) is 30.3 Å². The Morgan fingerprint density at radius 1 is 1.18 bits per heavy atom. The lowest BCUT2D eigenvalue weighted by Crippen LogP contribution is -2.39. The molecule has 2 unspecified atom stereocenters. The fraction of sp³-hybridized carbons (Fsp3) is 0.381. The molecule has 2 atom stereocenters. The van der Waals surface area contributed by atoms with E-state index in [9.17, 15) is 9.18 Å². The molecule has 1 aliphatic heterocycles. The Labute approximate surface area is 163 Å². The van der Waals surface area contributed by atoms with E-state index in [1.807, 2.05) is 6.92 Å². The molecule has 4 rings (SSSR count). The number of aromatic nitrogens is 4. The summed E-state index contributed by atoms with van der Waals surface area (Å²) in [6.07, 6.45) is 2.96. The summed E-state index contributed by atoms with van der Waals surface area (Å²) in [4.78, 5) is 23.8. The second-order valence-corrected chi connectivity index (χ2v) is 7.81. The first kappa shape index (κ1) is 18.4. The smallest absolute Gasteiger partial charge is 0.271 e. The normalized spacial score (nSPS) is 19.8. The van der Waals surface area contributed by atoms with Gasteiger partial charge in [0.2, 0.25) is 5.95 Å². The maximum absolute atomic E-state index is 14.1. The van der Waals surface area contributed by atoms with Gasteiger partial charge in [0.25, 0.3) is 5.56 Å². The summed E-state index contributed by atoms with van der Waals surface area (Å²) >= 11 is 0. The molecule has 0 aliphatic carbocycles. The third-order valence-electron chi connectivity index (χ3n) is 5.22. The first-order valence-electron chi connectivity index (χ1n) is 9.58. The van der Waals surface area contributed by atoms with Crippen LogP contribution in [0.5, 0.6) is 0 Å². The van der Waals surface area contributed by atoms with Crippen molar-refractivity contribution in [3.8, 4) is 16.9 Å². The largest absolute Gasteiger partial charge is 0.340 e. The Hall–Kier alpha value is -2.96. The average Bonchev–Trinajstić information content (AvgIpc) is 3.02. The lowest BCUT2D eigenvalue weighted by Gasteiger charge is -2.35. The summed E-state index contributed by atoms with van der Waals surface area (Å²) in [5.41, 5.74) is 1.93. The standard InChI is InChI=1S/C21H24FN5O/c1-13-8-14(2)12-26(11-13)21-23-10-16(15(3)24-21)18-9-20(28)27(25-18)19-7-5-4-6-17(19)22/h4-7,9-10,13-14,25H,8,11-12H2,1-3H3. The SMILES string of the molecule is Cc1nc(N2CC(C)CC(C)C2)ncc1-c1cc(=O)n(-c2ccccc2F)[nH]1. The van der Waals surface area contributed by atoms with E-state index in [1.54, 1.807) is 24.4 Å². The van der Waals surface area contributed by atoms with Crippen molar-refractivity contribution >= 4 is 5.95 Å². The van der Waals surface area contributed by atoms with E-state index < -0.39 is 5.82 Å². The molecule has 0 spiro atoms. The van der Waals surface area contributed by atoms with Gasteiger partial charge in [0, 0.05) is 30.9 Å². The van der Waals surface area contributed by atoms with Crippen LogP contribution in [0.15, 0.2) is 41.3 Å². The van der Waals surface area contributed by atoms with Gasteiger partial charge in [-0.15, -0.1) is 0 Å². The van der Waals surface area contributed by atoms with E-state index in [2.05, 4.69) is 33.8 Å². The van der Waals surface area contributed by atoms with Gasteiger partial charge in [-0.25, -0.2) is 19.0 Å². The zero-order valence-corrected chi connectivity index (χ0v) is 16.3. The third-order valence-corrected chi connectivity index (χ3v) is 5.22. The summed E-state index contributed by atoms with van der Waals surface area (Å²) in [6.45, 7) is 8.30. The van der Waals surface area contributed by atoms with Gasteiger partial charge in [-0.1, -0.05) is 26.0 Å². The van der Waals surface area contributed by atoms with Crippen molar-refractivity contribution in [3.05, 3.63) is 58.4 Å². The number of aromatic amines is 1. The van der Waals surface area contributed by atoms with Crippen LogP contribution >= 0.6 is 0 Å². The van der Waals surface area contributed by atoms with Crippen molar-refractivity contribution in [2.45, 2.75) is 27.2 Å². The highest BCUT2D eigenvalue weighted by molar-refractivity contribution is 5.61. The Balaban J connectivity index is 1.67. The van der Waals surface area contributed by atoms with Crippen LogP contribution in [0.25, 0.3) is 16.9 Å². The van der Waals surface area contributed by atoms with Gasteiger partial charge in [0.05, 0.1) is 11.4 Å². The molecule has 1 saturated heterocycles. The van der Waals surface area contributed by atoms with Crippen LogP contribution < -0.4 is 10.5 Å². The van der Waals surface area contributed by atoms with Gasteiger partial charge in [0.15, 0.2) is 0 Å². The lowest BCUT2D eigenvalue weighted by atomic mass is 9.92. The highest BCUT2D eigenvalue weighted by Gasteiger charge is 2.24. The van der Waals surface area contributed by atoms with Crippen molar-refractivity contribution < 1.29 is 4.39 Å². The number of hydrogen-bond acceptors (Lipinski definition) is 4. The number of hydrogen-bond donors (Lipinski definition) is 1. The highest BCUT2D eigenvalue weighted by Crippen LogP contribution is 2.26. The quantitative estimate of drug-likeness (QED) is 0.753. The van der Waals surface area contributed by atoms with Crippen molar-refractivity contribution in [1.29, 1.82) is 0 Å². The number of nitrogens with one attached hydrogen (secondary N) is 1. The van der Waals surface area contributed by atoms with Gasteiger partial charge < -0.3 is 4.90 Å². The molecule has 1 fully saturated rings. The van der Waals surface area contributed by atoms with E-state index in [0.29, 0.717) is 17.5 Å². The Morgan fingerprint density at radius 3 is 2.57 bits per heavy atom. The van der Waals surface area contributed by atoms with Crippen molar-refractivity contribution in [2.24, 2.45) is 11.8 Å². The number of benzene rings is 1. The van der Waals surface area contributed by atoms with Crippen LogP contribution in [0.2, 0.25) is 0 Å². The van der Waals surface area contributed by atoms with Gasteiger partial charge in [0.1, 0.15) is 11.5 Å². The maximum atomic E-state index is 14.1. The monoisotopic (exact) mass is 381 g/mol. The number of aryl methyl sites for hydroxylation is 1. The maximum Gasteiger partial charge on any atom is 0.271 e. The zero-order chi connectivity index (χ0) is 19.8. The summed E-state index contributed by atoms with van der Waals surface area (Å²) in [6, 6.07) is 7.61. The molecule has 1 N–H and O–H groups in total. The van der Waals surface area contributed by atoms with Gasteiger partial charge in [-0.3, -0.25) is 9.89 Å². The molecular formula is C21H24FN5O. The summed E-state index contributed by atoms with van der Waals surface area (Å²) in [5, 5.41) is 2.98. The third kappa shape index (κ3) is 3.44. The van der Waals surface area contributed by atoms with Crippen LogP contribution in [0.1, 0.15) is 26.0 Å². The molecule has 3 aromatic rings. The molecule has 0 radical (unpaired) electrons. The summed E-state index contributed by atoms with van der Waals surface area (Å²) < 4.78 is 15.3. The predicted octanol–water partition coefficient (Wildman–Crippen LogP) is 3.55. The summed E-state index contributed by atoms with van der Waals surface area (Å²) in [7, 11) is 0. The second-order valence-electron chi connectivity index (χ2n) is 7.81. The van der Waals surface area contributed by atoms with Crippen LogP contribution in [-0.4, -0.2) is 32.8 Å². The molecule has 0 amide bonds. The van der Waals surface area contributed by atoms with Crippen LogP contribution in [0.3, 0.4) is 0 Å². The molecular weight excluding hydrogens is 357 g/mol. The Morgan fingerprint density at radius 2 is 1.89 bits per heavy atom. The van der Waals surface area contributed by atoms with E-state index >= 15 is 0 Å². The lowest BCUT2D eigenvalue weighted by molar-refractivity contribution is 0.353. The molecule has 1 aliphatic rings. The minimum absolute atomic E-state index is 0.185. The van der Waals surface area contributed by atoms with Crippen molar-refractivity contribution in [1.82, 2.24) is 19.7 Å². The first-order chi connectivity index (χ1) is 13.4. The molecule has 28 heavy (non-hydrogen) atoms. The van der Waals surface area contributed by atoms with Crippen LogP contribution in [-0.2, 0) is 0 Å². The number of para-hydroxylation sites is 1. The molecule has 3 heterocycles. The molecule has 6 nitrogen and oxygen atoms in total. The van der Waals surface area contributed by atoms with Crippen molar-refractivity contribution in [2.75, 3.05) is 18.0 Å². The van der Waals surface area contributed by atoms with Crippen LogP contribution in [0.4, 0.5) is 10.3 Å². The molecule has 7 heteroatoms. The van der Waals surface area contributed by atoms with E-state index in [-0.39, 0.29) is 11.2 Å². The second kappa shape index (κ2) is 7.22. The topological polar surface area (TPSA) is 66.8 Å². The number of rotatable bonds is 3. The van der Waals surface area contributed by atoms with Gasteiger partial charge in [-0.2, -0.15) is 0 Å². The van der Waals surface area contributed by atoms with Crippen LogP contribution in [0, 0.1) is 24.6 Å².